The molecular weight excluding hydrogens is 400 g/mol. The van der Waals surface area contributed by atoms with E-state index in [1.54, 1.807) is 24.3 Å². The minimum absolute atomic E-state index is 0.281. The number of amides is 1. The lowest BCUT2D eigenvalue weighted by Crippen LogP contribution is -2.28. The first-order valence-electron chi connectivity index (χ1n) is 10.2. The van der Waals surface area contributed by atoms with Crippen molar-refractivity contribution >= 4 is 26.9 Å². The van der Waals surface area contributed by atoms with Gasteiger partial charge >= 0.3 is 0 Å². The van der Waals surface area contributed by atoms with Gasteiger partial charge in [0.15, 0.2) is 5.76 Å². The number of carbonyl (C=O) groups is 1. The molecule has 0 unspecified atom stereocenters. The van der Waals surface area contributed by atoms with Gasteiger partial charge in [0.05, 0.1) is 4.90 Å². The predicted octanol–water partition coefficient (Wildman–Crippen LogP) is 4.07. The molecule has 0 atom stereocenters. The molecule has 0 bridgehead atoms. The van der Waals surface area contributed by atoms with Crippen molar-refractivity contribution in [3.8, 4) is 0 Å². The van der Waals surface area contributed by atoms with Crippen molar-refractivity contribution in [3.05, 3.63) is 64.4 Å². The number of sulfonamides is 1. The van der Waals surface area contributed by atoms with Crippen molar-refractivity contribution in [2.24, 2.45) is 0 Å². The van der Waals surface area contributed by atoms with E-state index >= 15 is 0 Å². The fraction of sp³-hybridized carbons (Fsp3) is 0.348. The summed E-state index contributed by atoms with van der Waals surface area (Å²) in [7, 11) is -3.43. The van der Waals surface area contributed by atoms with Crippen LogP contribution in [0.15, 0.2) is 45.7 Å². The molecule has 0 saturated carbocycles. The lowest BCUT2D eigenvalue weighted by Gasteiger charge is -2.15. The van der Waals surface area contributed by atoms with Crippen LogP contribution in [0, 0.1) is 20.8 Å². The molecule has 1 fully saturated rings. The summed E-state index contributed by atoms with van der Waals surface area (Å²) in [4.78, 5) is 13.0. The summed E-state index contributed by atoms with van der Waals surface area (Å²) in [5.41, 5.74) is 4.47. The number of hydrogen-bond donors (Lipinski definition) is 1. The first kappa shape index (κ1) is 20.6. The van der Waals surface area contributed by atoms with Gasteiger partial charge in [0.2, 0.25) is 10.0 Å². The molecule has 30 heavy (non-hydrogen) atoms. The zero-order valence-electron chi connectivity index (χ0n) is 17.5. The van der Waals surface area contributed by atoms with Gasteiger partial charge in [0.1, 0.15) is 5.58 Å². The Bertz CT molecular complexity index is 1200. The van der Waals surface area contributed by atoms with Crippen LogP contribution in [-0.4, -0.2) is 31.7 Å². The average molecular weight is 427 g/mol. The topological polar surface area (TPSA) is 79.6 Å². The van der Waals surface area contributed by atoms with E-state index in [-0.39, 0.29) is 12.5 Å². The molecule has 3 aromatic rings. The van der Waals surface area contributed by atoms with Gasteiger partial charge in [-0.2, -0.15) is 4.31 Å². The number of carbonyl (C=O) groups excluding carboxylic acids is 1. The van der Waals surface area contributed by atoms with Gasteiger partial charge in [-0.1, -0.05) is 24.3 Å². The zero-order chi connectivity index (χ0) is 21.5. The van der Waals surface area contributed by atoms with Gasteiger partial charge < -0.3 is 9.73 Å². The molecule has 1 aliphatic heterocycles. The second-order valence-electron chi connectivity index (χ2n) is 7.90. The predicted molar refractivity (Wildman–Crippen MR) is 116 cm³/mol. The number of nitrogens with one attached hydrogen (secondary N) is 1. The van der Waals surface area contributed by atoms with E-state index in [1.165, 1.54) is 4.31 Å². The van der Waals surface area contributed by atoms with Gasteiger partial charge in [-0.25, -0.2) is 8.42 Å². The summed E-state index contributed by atoms with van der Waals surface area (Å²) in [6.07, 6.45) is 1.81. The summed E-state index contributed by atoms with van der Waals surface area (Å²) in [5, 5.41) is 3.86. The average Bonchev–Trinajstić information content (AvgIpc) is 3.39. The highest BCUT2D eigenvalue weighted by Gasteiger charge is 2.27. The van der Waals surface area contributed by atoms with Crippen molar-refractivity contribution in [2.45, 2.75) is 45.1 Å². The van der Waals surface area contributed by atoms with E-state index in [2.05, 4.69) is 5.32 Å². The van der Waals surface area contributed by atoms with Crippen molar-refractivity contribution in [2.75, 3.05) is 13.1 Å². The molecule has 6 nitrogen and oxygen atoms in total. The van der Waals surface area contributed by atoms with Crippen LogP contribution in [0.25, 0.3) is 11.0 Å². The maximum atomic E-state index is 12.7. The second-order valence-corrected chi connectivity index (χ2v) is 9.84. The Labute approximate surface area is 176 Å². The van der Waals surface area contributed by atoms with Gasteiger partial charge in [-0.3, -0.25) is 4.79 Å². The zero-order valence-corrected chi connectivity index (χ0v) is 18.3. The Morgan fingerprint density at radius 1 is 1.00 bits per heavy atom. The normalized spacial score (nSPS) is 15.0. The molecule has 1 saturated heterocycles. The number of benzene rings is 2. The van der Waals surface area contributed by atoms with Crippen molar-refractivity contribution in [1.29, 1.82) is 0 Å². The standard InChI is InChI=1S/C23H26N2O4S/c1-15-6-7-16(2)21-20(15)17(3)22(29-21)23(26)24-14-18-8-10-19(11-9-18)30(27,28)25-12-4-5-13-25/h6-11H,4-5,12-14H2,1-3H3,(H,24,26). The number of fused-ring (bicyclic) bond motifs is 1. The summed E-state index contributed by atoms with van der Waals surface area (Å²) >= 11 is 0. The number of furan rings is 1. The molecule has 0 radical (unpaired) electrons. The molecule has 2 aromatic carbocycles. The third-order valence-corrected chi connectivity index (χ3v) is 7.68. The van der Waals surface area contributed by atoms with Gasteiger partial charge in [-0.05, 0) is 62.4 Å². The third kappa shape index (κ3) is 3.63. The molecule has 2 heterocycles. The summed E-state index contributed by atoms with van der Waals surface area (Å²) < 4.78 is 32.6. The molecule has 1 aromatic heterocycles. The van der Waals surface area contributed by atoms with E-state index in [9.17, 15) is 13.2 Å². The summed E-state index contributed by atoms with van der Waals surface area (Å²) in [6.45, 7) is 7.31. The smallest absolute Gasteiger partial charge is 0.287 e. The third-order valence-electron chi connectivity index (χ3n) is 5.77. The number of nitrogens with zero attached hydrogens (tertiary/aromatic N) is 1. The monoisotopic (exact) mass is 426 g/mol. The Balaban J connectivity index is 1.48. The summed E-state index contributed by atoms with van der Waals surface area (Å²) in [5.74, 6) is 0.0342. The fourth-order valence-corrected chi connectivity index (χ4v) is 5.53. The van der Waals surface area contributed by atoms with Crippen LogP contribution < -0.4 is 5.32 Å². The Kier molecular flexibility index (Phi) is 5.42. The highest BCUT2D eigenvalue weighted by Crippen LogP contribution is 2.30. The highest BCUT2D eigenvalue weighted by atomic mass is 32.2. The SMILES string of the molecule is Cc1ccc(C)c2c(C)c(C(=O)NCc3ccc(S(=O)(=O)N4CCCC4)cc3)oc12. The first-order valence-corrected chi connectivity index (χ1v) is 11.6. The van der Waals surface area contributed by atoms with E-state index < -0.39 is 10.0 Å². The molecule has 1 aliphatic rings. The van der Waals surface area contributed by atoms with Crippen molar-refractivity contribution < 1.29 is 17.6 Å². The van der Waals surface area contributed by atoms with E-state index in [4.69, 9.17) is 4.42 Å². The first-order chi connectivity index (χ1) is 14.3. The van der Waals surface area contributed by atoms with E-state index in [1.807, 2.05) is 32.9 Å². The van der Waals surface area contributed by atoms with Crippen LogP contribution in [0.5, 0.6) is 0 Å². The van der Waals surface area contributed by atoms with Crippen LogP contribution in [-0.2, 0) is 16.6 Å². The maximum Gasteiger partial charge on any atom is 0.287 e. The number of rotatable bonds is 5. The minimum Gasteiger partial charge on any atom is -0.450 e. The van der Waals surface area contributed by atoms with E-state index in [0.717, 1.165) is 46.1 Å². The molecule has 7 heteroatoms. The number of aryl methyl sites for hydroxylation is 3. The van der Waals surface area contributed by atoms with Crippen LogP contribution >= 0.6 is 0 Å². The van der Waals surface area contributed by atoms with Crippen LogP contribution in [0.3, 0.4) is 0 Å². The van der Waals surface area contributed by atoms with Crippen molar-refractivity contribution in [1.82, 2.24) is 9.62 Å². The molecule has 1 N–H and O–H groups in total. The van der Waals surface area contributed by atoms with Crippen molar-refractivity contribution in [3.63, 3.8) is 0 Å². The lowest BCUT2D eigenvalue weighted by molar-refractivity contribution is 0.0924. The van der Waals surface area contributed by atoms with Crippen LogP contribution in [0.2, 0.25) is 0 Å². The highest BCUT2D eigenvalue weighted by molar-refractivity contribution is 7.89. The summed E-state index contributed by atoms with van der Waals surface area (Å²) in [6, 6.07) is 10.7. The van der Waals surface area contributed by atoms with E-state index in [0.29, 0.717) is 23.7 Å². The molecule has 158 valence electrons. The largest absolute Gasteiger partial charge is 0.450 e. The lowest BCUT2D eigenvalue weighted by atomic mass is 10.0. The maximum absolute atomic E-state index is 12.7. The quantitative estimate of drug-likeness (QED) is 0.667. The fourth-order valence-electron chi connectivity index (χ4n) is 4.01. The second kappa shape index (κ2) is 7.89. The molecule has 0 aliphatic carbocycles. The molecule has 0 spiro atoms. The Morgan fingerprint density at radius 3 is 2.27 bits per heavy atom. The van der Waals surface area contributed by atoms with Gasteiger partial charge in [0, 0.05) is 30.6 Å². The molecular formula is C23H26N2O4S. The van der Waals surface area contributed by atoms with Gasteiger partial charge in [0.25, 0.3) is 5.91 Å². The minimum atomic E-state index is -3.43. The Morgan fingerprint density at radius 2 is 1.63 bits per heavy atom. The Hall–Kier alpha value is -2.64. The van der Waals surface area contributed by atoms with Crippen LogP contribution in [0.1, 0.15) is 45.7 Å². The van der Waals surface area contributed by atoms with Gasteiger partial charge in [-0.15, -0.1) is 0 Å². The number of hydrogen-bond acceptors (Lipinski definition) is 4. The van der Waals surface area contributed by atoms with Crippen LogP contribution in [0.4, 0.5) is 0 Å². The molecule has 1 amide bonds. The molecule has 4 rings (SSSR count).